The summed E-state index contributed by atoms with van der Waals surface area (Å²) in [5, 5.41) is 10.6. The molecule has 0 radical (unpaired) electrons. The van der Waals surface area contributed by atoms with Gasteiger partial charge in [0.05, 0.1) is 26.4 Å². The molecule has 0 bridgehead atoms. The maximum Gasteiger partial charge on any atom is 0.472 e. The molecule has 0 aliphatic carbocycles. The van der Waals surface area contributed by atoms with E-state index in [1.807, 2.05) is 0 Å². The molecule has 0 spiro atoms. The normalized spacial score (nSPS) is 14.0. The van der Waals surface area contributed by atoms with Crippen molar-refractivity contribution in [1.29, 1.82) is 0 Å². The topological polar surface area (TPSA) is 237 Å². The first-order chi connectivity index (χ1) is 44.0. The lowest BCUT2D eigenvalue weighted by atomic mass is 10.0. The number of esters is 4. The van der Waals surface area contributed by atoms with Crippen LogP contribution < -0.4 is 0 Å². The van der Waals surface area contributed by atoms with Crippen molar-refractivity contribution in [2.45, 2.75) is 393 Å². The molecule has 3 N–H and O–H groups in total. The van der Waals surface area contributed by atoms with E-state index in [9.17, 15) is 43.2 Å². The van der Waals surface area contributed by atoms with Crippen LogP contribution >= 0.6 is 15.6 Å². The summed E-state index contributed by atoms with van der Waals surface area (Å²) in [5.41, 5.74) is 0. The van der Waals surface area contributed by atoms with Crippen LogP contribution in [0.4, 0.5) is 0 Å². The quantitative estimate of drug-likeness (QED) is 0.0222. The fourth-order valence-electron chi connectivity index (χ4n) is 11.0. The summed E-state index contributed by atoms with van der Waals surface area (Å²) in [5.74, 6) is -1.36. The van der Waals surface area contributed by atoms with Crippen molar-refractivity contribution in [2.24, 2.45) is 5.92 Å². The van der Waals surface area contributed by atoms with Crippen LogP contribution in [0.1, 0.15) is 375 Å². The maximum absolute atomic E-state index is 13.1. The van der Waals surface area contributed by atoms with Gasteiger partial charge in [0.15, 0.2) is 12.2 Å². The third-order valence-electron chi connectivity index (χ3n) is 16.8. The van der Waals surface area contributed by atoms with Gasteiger partial charge in [-0.2, -0.15) is 0 Å². The smallest absolute Gasteiger partial charge is 0.462 e. The van der Waals surface area contributed by atoms with Gasteiger partial charge in [-0.3, -0.25) is 37.3 Å². The number of carbonyl (C=O) groups is 4. The van der Waals surface area contributed by atoms with Crippen LogP contribution in [0.5, 0.6) is 0 Å². The number of carbonyl (C=O) groups excluding carboxylic acids is 4. The minimum atomic E-state index is -4.95. The SMILES string of the molecule is CCCCCCCCCCCCCCCCCCCCCCCC(=O)O[C@H](COC(=O)CCCCCCCCCCCCCC(C)C)COP(=O)(O)OC[C@@H](O)COP(=O)(O)OC[C@@H](COC(=O)CCCCCCCCC)OC(=O)CCCCCCCCCCC. The Bertz CT molecular complexity index is 1750. The summed E-state index contributed by atoms with van der Waals surface area (Å²) in [6, 6.07) is 0. The number of rotatable bonds is 72. The highest BCUT2D eigenvalue weighted by molar-refractivity contribution is 7.47. The molecule has 0 amide bonds. The minimum Gasteiger partial charge on any atom is -0.462 e. The van der Waals surface area contributed by atoms with E-state index in [2.05, 4.69) is 34.6 Å². The average Bonchev–Trinajstić information content (AvgIpc) is 3.55. The molecule has 0 aliphatic rings. The summed E-state index contributed by atoms with van der Waals surface area (Å²) in [4.78, 5) is 72.4. The summed E-state index contributed by atoms with van der Waals surface area (Å²) >= 11 is 0. The van der Waals surface area contributed by atoms with Crippen molar-refractivity contribution in [3.8, 4) is 0 Å². The Morgan fingerprint density at radius 1 is 0.297 bits per heavy atom. The predicted octanol–water partition coefficient (Wildman–Crippen LogP) is 20.9. The van der Waals surface area contributed by atoms with Gasteiger partial charge in [0.1, 0.15) is 19.3 Å². The van der Waals surface area contributed by atoms with Crippen molar-refractivity contribution < 1.29 is 80.2 Å². The van der Waals surface area contributed by atoms with Crippen LogP contribution in [0.2, 0.25) is 0 Å². The number of unbranched alkanes of at least 4 members (excludes halogenated alkanes) is 44. The van der Waals surface area contributed by atoms with Crippen LogP contribution in [0.3, 0.4) is 0 Å². The second-order valence-corrected chi connectivity index (χ2v) is 29.4. The zero-order valence-electron chi connectivity index (χ0n) is 59.0. The standard InChI is InChI=1S/C72H140O17P2/c1-6-9-12-15-18-20-21-22-23-24-25-26-27-28-29-30-33-38-43-48-53-58-72(77)89-68(62-83-70(75)56-51-46-41-37-34-31-32-36-40-44-49-54-65(4)5)64-87-91(80,81)85-60-66(73)59-84-90(78,79)86-63-67(61-82-69(74)55-50-45-39-17-14-11-8-3)88-71(76)57-52-47-42-35-19-16-13-10-7-2/h65-68,73H,6-64H2,1-5H3,(H,78,79)(H,80,81)/t66-,67+,68+/m0/s1. The van der Waals surface area contributed by atoms with Gasteiger partial charge >= 0.3 is 39.5 Å². The zero-order chi connectivity index (χ0) is 67.0. The largest absolute Gasteiger partial charge is 0.472 e. The third kappa shape index (κ3) is 66.5. The van der Waals surface area contributed by atoms with Gasteiger partial charge in [-0.25, -0.2) is 9.13 Å². The first-order valence-electron chi connectivity index (χ1n) is 37.6. The van der Waals surface area contributed by atoms with Gasteiger partial charge in [-0.05, 0) is 31.6 Å². The Morgan fingerprint density at radius 3 is 0.747 bits per heavy atom. The van der Waals surface area contributed by atoms with Crippen LogP contribution in [-0.2, 0) is 65.4 Å². The molecule has 0 heterocycles. The van der Waals surface area contributed by atoms with E-state index in [1.54, 1.807) is 0 Å². The van der Waals surface area contributed by atoms with E-state index >= 15 is 0 Å². The molecule has 540 valence electrons. The molecule has 0 aromatic rings. The zero-order valence-corrected chi connectivity index (χ0v) is 60.8. The van der Waals surface area contributed by atoms with Gasteiger partial charge in [0.2, 0.25) is 0 Å². The monoisotopic (exact) mass is 1340 g/mol. The molecule has 91 heavy (non-hydrogen) atoms. The molecule has 19 heteroatoms. The molecule has 0 aromatic carbocycles. The van der Waals surface area contributed by atoms with E-state index in [1.165, 1.54) is 186 Å². The highest BCUT2D eigenvalue weighted by Crippen LogP contribution is 2.45. The van der Waals surface area contributed by atoms with Crippen molar-refractivity contribution >= 4 is 39.5 Å². The summed E-state index contributed by atoms with van der Waals surface area (Å²) < 4.78 is 68.2. The van der Waals surface area contributed by atoms with E-state index in [4.69, 9.17) is 37.0 Å². The van der Waals surface area contributed by atoms with E-state index in [-0.39, 0.29) is 25.7 Å². The minimum absolute atomic E-state index is 0.106. The molecule has 5 atom stereocenters. The van der Waals surface area contributed by atoms with Crippen molar-refractivity contribution in [1.82, 2.24) is 0 Å². The first-order valence-corrected chi connectivity index (χ1v) is 40.6. The number of ether oxygens (including phenoxy) is 4. The Morgan fingerprint density at radius 2 is 0.505 bits per heavy atom. The fraction of sp³-hybridized carbons (Fsp3) is 0.944. The Kier molecular flexibility index (Phi) is 64.0. The first kappa shape index (κ1) is 89.1. The number of aliphatic hydroxyl groups excluding tert-OH is 1. The molecular formula is C72H140O17P2. The van der Waals surface area contributed by atoms with Gasteiger partial charge in [-0.1, -0.05) is 324 Å². The fourth-order valence-corrected chi connectivity index (χ4v) is 12.6. The van der Waals surface area contributed by atoms with Crippen LogP contribution in [0, 0.1) is 5.92 Å². The molecule has 17 nitrogen and oxygen atoms in total. The maximum atomic E-state index is 13.1. The number of aliphatic hydroxyl groups is 1. The molecular weight excluding hydrogens is 1200 g/mol. The van der Waals surface area contributed by atoms with Crippen LogP contribution in [-0.4, -0.2) is 96.7 Å². The summed E-state index contributed by atoms with van der Waals surface area (Å²) in [6.45, 7) is 7.20. The number of phosphoric acid groups is 2. The lowest BCUT2D eigenvalue weighted by molar-refractivity contribution is -0.161. The summed E-state index contributed by atoms with van der Waals surface area (Å²) in [6.07, 6.45) is 53.0. The Hall–Kier alpha value is -1.94. The lowest BCUT2D eigenvalue weighted by Crippen LogP contribution is -2.30. The highest BCUT2D eigenvalue weighted by Gasteiger charge is 2.30. The number of hydrogen-bond donors (Lipinski definition) is 3. The molecule has 2 unspecified atom stereocenters. The van der Waals surface area contributed by atoms with E-state index < -0.39 is 97.5 Å². The molecule has 0 aromatic heterocycles. The van der Waals surface area contributed by atoms with Gasteiger partial charge < -0.3 is 33.8 Å². The Labute approximate surface area is 556 Å². The third-order valence-corrected chi connectivity index (χ3v) is 18.7. The highest BCUT2D eigenvalue weighted by atomic mass is 31.2. The number of hydrogen-bond acceptors (Lipinski definition) is 15. The van der Waals surface area contributed by atoms with Crippen LogP contribution in [0.15, 0.2) is 0 Å². The lowest BCUT2D eigenvalue weighted by Gasteiger charge is -2.21. The van der Waals surface area contributed by atoms with E-state index in [0.29, 0.717) is 25.7 Å². The van der Waals surface area contributed by atoms with E-state index in [0.717, 1.165) is 109 Å². The van der Waals surface area contributed by atoms with Crippen LogP contribution in [0.25, 0.3) is 0 Å². The second kappa shape index (κ2) is 65.4. The summed E-state index contributed by atoms with van der Waals surface area (Å²) in [7, 11) is -9.89. The van der Waals surface area contributed by atoms with Gasteiger partial charge in [0.25, 0.3) is 0 Å². The second-order valence-electron chi connectivity index (χ2n) is 26.5. The Balaban J connectivity index is 5.14. The average molecular weight is 1340 g/mol. The van der Waals surface area contributed by atoms with Gasteiger partial charge in [0, 0.05) is 25.7 Å². The molecule has 0 saturated carbocycles. The number of phosphoric ester groups is 2. The molecule has 0 saturated heterocycles. The van der Waals surface area contributed by atoms with Crippen molar-refractivity contribution in [3.63, 3.8) is 0 Å². The van der Waals surface area contributed by atoms with Crippen molar-refractivity contribution in [2.75, 3.05) is 39.6 Å². The van der Waals surface area contributed by atoms with Crippen molar-refractivity contribution in [3.05, 3.63) is 0 Å². The van der Waals surface area contributed by atoms with Gasteiger partial charge in [-0.15, -0.1) is 0 Å². The predicted molar refractivity (Wildman–Crippen MR) is 368 cm³/mol. The molecule has 0 aliphatic heterocycles. The molecule has 0 fully saturated rings. The molecule has 0 rings (SSSR count).